The van der Waals surface area contributed by atoms with Gasteiger partial charge in [-0.2, -0.15) is 0 Å². The first-order chi connectivity index (χ1) is 13.0. The third kappa shape index (κ3) is 4.45. The smallest absolute Gasteiger partial charge is 0.337 e. The Balaban J connectivity index is 1.72. The van der Waals surface area contributed by atoms with Gasteiger partial charge in [-0.3, -0.25) is 4.79 Å². The van der Waals surface area contributed by atoms with Crippen molar-refractivity contribution in [3.63, 3.8) is 0 Å². The molecule has 0 aliphatic rings. The van der Waals surface area contributed by atoms with Crippen molar-refractivity contribution in [2.45, 2.75) is 6.61 Å². The summed E-state index contributed by atoms with van der Waals surface area (Å²) in [5.41, 5.74) is 7.63. The zero-order valence-corrected chi connectivity index (χ0v) is 15.8. The quantitative estimate of drug-likeness (QED) is 0.631. The van der Waals surface area contributed by atoms with E-state index in [4.69, 9.17) is 22.1 Å². The summed E-state index contributed by atoms with van der Waals surface area (Å²) in [4.78, 5) is 27.5. The summed E-state index contributed by atoms with van der Waals surface area (Å²) < 4.78 is 10.4. The van der Waals surface area contributed by atoms with Crippen LogP contribution in [0.3, 0.4) is 0 Å². The van der Waals surface area contributed by atoms with Crippen molar-refractivity contribution in [3.8, 4) is 16.3 Å². The predicted molar refractivity (Wildman–Crippen MR) is 103 cm³/mol. The van der Waals surface area contributed by atoms with E-state index in [9.17, 15) is 9.59 Å². The van der Waals surface area contributed by atoms with E-state index >= 15 is 0 Å². The number of thiazole rings is 1. The lowest BCUT2D eigenvalue weighted by Crippen LogP contribution is -2.13. The van der Waals surface area contributed by atoms with E-state index in [2.05, 4.69) is 9.72 Å². The molecular weight excluding hydrogens is 388 g/mol. The Bertz CT molecular complexity index is 986. The van der Waals surface area contributed by atoms with Gasteiger partial charge >= 0.3 is 5.97 Å². The molecule has 1 aromatic heterocycles. The van der Waals surface area contributed by atoms with E-state index in [-0.39, 0.29) is 18.1 Å². The molecule has 0 spiro atoms. The van der Waals surface area contributed by atoms with Gasteiger partial charge in [-0.1, -0.05) is 23.7 Å². The molecule has 1 heterocycles. The number of rotatable bonds is 6. The number of primary amides is 1. The van der Waals surface area contributed by atoms with E-state index < -0.39 is 5.91 Å². The van der Waals surface area contributed by atoms with Crippen molar-refractivity contribution in [2.75, 3.05) is 7.11 Å². The van der Waals surface area contributed by atoms with Crippen LogP contribution in [0.15, 0.2) is 47.8 Å². The van der Waals surface area contributed by atoms with Crippen LogP contribution < -0.4 is 10.5 Å². The maximum atomic E-state index is 11.5. The number of amides is 1. The normalized spacial score (nSPS) is 10.4. The summed E-state index contributed by atoms with van der Waals surface area (Å²) >= 11 is 7.34. The van der Waals surface area contributed by atoms with Crippen molar-refractivity contribution >= 4 is 34.8 Å². The predicted octanol–water partition coefficient (Wildman–Crippen LogP) is 3.93. The molecule has 8 heteroatoms. The minimum Gasteiger partial charge on any atom is -0.486 e. The Kier molecular flexibility index (Phi) is 5.73. The molecule has 0 radical (unpaired) electrons. The van der Waals surface area contributed by atoms with Gasteiger partial charge in [0.25, 0.3) is 5.91 Å². The average molecular weight is 403 g/mol. The minimum absolute atomic E-state index is 0.179. The number of hydrogen-bond donors (Lipinski definition) is 1. The van der Waals surface area contributed by atoms with E-state index in [1.807, 2.05) is 5.38 Å². The molecule has 27 heavy (non-hydrogen) atoms. The van der Waals surface area contributed by atoms with Crippen molar-refractivity contribution in [1.82, 2.24) is 4.98 Å². The topological polar surface area (TPSA) is 91.5 Å². The van der Waals surface area contributed by atoms with Crippen LogP contribution in [-0.2, 0) is 11.3 Å². The fourth-order valence-electron chi connectivity index (χ4n) is 2.34. The molecule has 138 valence electrons. The average Bonchev–Trinajstić information content (AvgIpc) is 3.15. The number of esters is 1. The number of nitrogens with zero attached hydrogens (tertiary/aromatic N) is 1. The van der Waals surface area contributed by atoms with Crippen LogP contribution in [0.2, 0.25) is 5.02 Å². The molecule has 0 aliphatic carbocycles. The molecule has 6 nitrogen and oxygen atoms in total. The van der Waals surface area contributed by atoms with Crippen molar-refractivity contribution < 1.29 is 19.1 Å². The first kappa shape index (κ1) is 18.9. The highest BCUT2D eigenvalue weighted by atomic mass is 35.5. The highest BCUT2D eigenvalue weighted by molar-refractivity contribution is 7.13. The van der Waals surface area contributed by atoms with E-state index in [0.717, 1.165) is 10.6 Å². The molecule has 1 amide bonds. The molecule has 0 bridgehead atoms. The standard InChI is InChI=1S/C19H15ClN2O4S/c1-25-19(24)12-4-2-11(3-5-12)18-22-14(10-27-18)9-26-16-7-6-13(20)8-15(16)17(21)23/h2-8,10H,9H2,1H3,(H2,21,23). The van der Waals surface area contributed by atoms with Gasteiger partial charge in [0.1, 0.15) is 17.4 Å². The van der Waals surface area contributed by atoms with E-state index in [0.29, 0.717) is 22.0 Å². The van der Waals surface area contributed by atoms with Gasteiger partial charge in [0.2, 0.25) is 0 Å². The van der Waals surface area contributed by atoms with Gasteiger partial charge in [-0.05, 0) is 30.3 Å². The lowest BCUT2D eigenvalue weighted by Gasteiger charge is -2.08. The number of methoxy groups -OCH3 is 1. The van der Waals surface area contributed by atoms with Gasteiger partial charge in [0.15, 0.2) is 0 Å². The van der Waals surface area contributed by atoms with Crippen LogP contribution in [0.5, 0.6) is 5.75 Å². The summed E-state index contributed by atoms with van der Waals surface area (Å²) in [6.07, 6.45) is 0. The Morgan fingerprint density at radius 2 is 1.93 bits per heavy atom. The van der Waals surface area contributed by atoms with Crippen molar-refractivity contribution in [2.24, 2.45) is 5.73 Å². The monoisotopic (exact) mass is 402 g/mol. The number of ether oxygens (including phenoxy) is 2. The molecule has 3 aromatic rings. The lowest BCUT2D eigenvalue weighted by atomic mass is 10.1. The van der Waals surface area contributed by atoms with Gasteiger partial charge in [-0.25, -0.2) is 9.78 Å². The number of hydrogen-bond acceptors (Lipinski definition) is 6. The second-order valence-electron chi connectivity index (χ2n) is 5.51. The fraction of sp³-hybridized carbons (Fsp3) is 0.105. The lowest BCUT2D eigenvalue weighted by molar-refractivity contribution is 0.0600. The minimum atomic E-state index is -0.614. The maximum absolute atomic E-state index is 11.5. The number of nitrogens with two attached hydrogens (primary N) is 1. The molecular formula is C19H15ClN2O4S. The second-order valence-corrected chi connectivity index (χ2v) is 6.80. The maximum Gasteiger partial charge on any atom is 0.337 e. The molecule has 0 saturated heterocycles. The summed E-state index contributed by atoms with van der Waals surface area (Å²) in [6, 6.07) is 11.7. The SMILES string of the molecule is COC(=O)c1ccc(-c2nc(COc3ccc(Cl)cc3C(N)=O)cs2)cc1. The van der Waals surface area contributed by atoms with Crippen LogP contribution in [-0.4, -0.2) is 24.0 Å². The molecule has 0 unspecified atom stereocenters. The molecule has 0 aliphatic heterocycles. The van der Waals surface area contributed by atoms with E-state index in [1.165, 1.54) is 24.5 Å². The highest BCUT2D eigenvalue weighted by Crippen LogP contribution is 2.26. The third-order valence-electron chi connectivity index (χ3n) is 3.69. The number of aromatic nitrogens is 1. The third-order valence-corrected chi connectivity index (χ3v) is 4.86. The summed E-state index contributed by atoms with van der Waals surface area (Å²) in [6.45, 7) is 0.179. The molecule has 0 atom stereocenters. The Hall–Kier alpha value is -2.90. The Morgan fingerprint density at radius 3 is 2.59 bits per heavy atom. The number of benzene rings is 2. The van der Waals surface area contributed by atoms with Crippen molar-refractivity contribution in [3.05, 3.63) is 69.7 Å². The molecule has 2 N–H and O–H groups in total. The van der Waals surface area contributed by atoms with Crippen LogP contribution in [0, 0.1) is 0 Å². The number of carbonyl (C=O) groups excluding carboxylic acids is 2. The van der Waals surface area contributed by atoms with E-state index in [1.54, 1.807) is 36.4 Å². The molecule has 0 saturated carbocycles. The van der Waals surface area contributed by atoms with Gasteiger partial charge in [-0.15, -0.1) is 11.3 Å². The first-order valence-electron chi connectivity index (χ1n) is 7.83. The van der Waals surface area contributed by atoms with Crippen LogP contribution >= 0.6 is 22.9 Å². The van der Waals surface area contributed by atoms with Crippen LogP contribution in [0.4, 0.5) is 0 Å². The second kappa shape index (κ2) is 8.20. The summed E-state index contributed by atoms with van der Waals surface area (Å²) in [5.74, 6) is -0.649. The Morgan fingerprint density at radius 1 is 1.19 bits per heavy atom. The summed E-state index contributed by atoms with van der Waals surface area (Å²) in [7, 11) is 1.34. The first-order valence-corrected chi connectivity index (χ1v) is 9.09. The molecule has 0 fully saturated rings. The largest absolute Gasteiger partial charge is 0.486 e. The van der Waals surface area contributed by atoms with Gasteiger partial charge < -0.3 is 15.2 Å². The van der Waals surface area contributed by atoms with Crippen LogP contribution in [0.1, 0.15) is 26.4 Å². The zero-order chi connectivity index (χ0) is 19.4. The molecule has 2 aromatic carbocycles. The Labute approximate surface area is 164 Å². The van der Waals surface area contributed by atoms with Gasteiger partial charge in [0, 0.05) is 16.0 Å². The number of carbonyl (C=O) groups is 2. The van der Waals surface area contributed by atoms with Gasteiger partial charge in [0.05, 0.1) is 23.9 Å². The molecule has 3 rings (SSSR count). The highest BCUT2D eigenvalue weighted by Gasteiger charge is 2.12. The summed E-state index contributed by atoms with van der Waals surface area (Å²) in [5, 5.41) is 3.06. The van der Waals surface area contributed by atoms with Crippen molar-refractivity contribution in [1.29, 1.82) is 0 Å². The van der Waals surface area contributed by atoms with Crippen LogP contribution in [0.25, 0.3) is 10.6 Å². The fourth-order valence-corrected chi connectivity index (χ4v) is 3.33. The zero-order valence-electron chi connectivity index (χ0n) is 14.3. The number of halogens is 1.